The highest BCUT2D eigenvalue weighted by atomic mass is 16.5. The number of carbonyl (C=O) groups is 1. The van der Waals surface area contributed by atoms with Crippen LogP contribution in [0.4, 0.5) is 0 Å². The van der Waals surface area contributed by atoms with Crippen molar-refractivity contribution >= 4 is 5.97 Å². The second-order valence-corrected chi connectivity index (χ2v) is 3.17. The van der Waals surface area contributed by atoms with E-state index >= 15 is 0 Å². The van der Waals surface area contributed by atoms with Crippen molar-refractivity contribution in [3.05, 3.63) is 18.0 Å². The maximum absolute atomic E-state index is 11.0. The molecule has 0 aromatic carbocycles. The molecule has 0 fully saturated rings. The first-order chi connectivity index (χ1) is 7.33. The normalized spacial score (nSPS) is 10.2. The van der Waals surface area contributed by atoms with Crippen LogP contribution in [-0.4, -0.2) is 29.3 Å². The van der Waals surface area contributed by atoms with Gasteiger partial charge in [0.25, 0.3) is 0 Å². The molecule has 1 aromatic rings. The van der Waals surface area contributed by atoms with Gasteiger partial charge in [0.05, 0.1) is 6.61 Å². The van der Waals surface area contributed by atoms with Gasteiger partial charge in [-0.25, -0.2) is 0 Å². The van der Waals surface area contributed by atoms with Crippen LogP contribution in [0.1, 0.15) is 25.5 Å². The van der Waals surface area contributed by atoms with E-state index < -0.39 is 0 Å². The van der Waals surface area contributed by atoms with Crippen molar-refractivity contribution in [2.24, 2.45) is 0 Å². The van der Waals surface area contributed by atoms with Crippen LogP contribution in [0, 0.1) is 0 Å². The van der Waals surface area contributed by atoms with Crippen LogP contribution in [0.2, 0.25) is 0 Å². The van der Waals surface area contributed by atoms with Crippen LogP contribution in [0.15, 0.2) is 12.3 Å². The van der Waals surface area contributed by atoms with E-state index in [4.69, 9.17) is 4.74 Å². The molecule has 5 nitrogen and oxygen atoms in total. The summed E-state index contributed by atoms with van der Waals surface area (Å²) in [7, 11) is 0. The fraction of sp³-hybridized carbons (Fsp3) is 0.600. The number of aromatic nitrogens is 2. The lowest BCUT2D eigenvalue weighted by atomic mass is 10.3. The fourth-order valence-electron chi connectivity index (χ4n) is 1.20. The Morgan fingerprint density at radius 1 is 1.67 bits per heavy atom. The lowest BCUT2D eigenvalue weighted by molar-refractivity contribution is -0.143. The van der Waals surface area contributed by atoms with Crippen LogP contribution < -0.4 is 5.32 Å². The van der Waals surface area contributed by atoms with E-state index in [9.17, 15) is 4.79 Å². The monoisotopic (exact) mass is 211 g/mol. The Bertz CT molecular complexity index is 272. The van der Waals surface area contributed by atoms with Gasteiger partial charge in [-0.1, -0.05) is 0 Å². The van der Waals surface area contributed by atoms with Gasteiger partial charge in [0.1, 0.15) is 0 Å². The molecule has 2 N–H and O–H groups in total. The molecular formula is C10H17N3O2. The van der Waals surface area contributed by atoms with Gasteiger partial charge in [-0.2, -0.15) is 5.10 Å². The molecule has 1 rings (SSSR count). The topological polar surface area (TPSA) is 67.0 Å². The maximum Gasteiger partial charge on any atom is 0.305 e. The van der Waals surface area contributed by atoms with Crippen molar-refractivity contribution < 1.29 is 9.53 Å². The van der Waals surface area contributed by atoms with Gasteiger partial charge in [0, 0.05) is 24.9 Å². The molecule has 15 heavy (non-hydrogen) atoms. The van der Waals surface area contributed by atoms with Gasteiger partial charge < -0.3 is 10.1 Å². The van der Waals surface area contributed by atoms with Gasteiger partial charge in [0.15, 0.2) is 0 Å². The Morgan fingerprint density at radius 3 is 3.20 bits per heavy atom. The van der Waals surface area contributed by atoms with E-state index in [2.05, 4.69) is 15.5 Å². The number of hydrogen-bond donors (Lipinski definition) is 2. The Morgan fingerprint density at radius 2 is 2.53 bits per heavy atom. The third kappa shape index (κ3) is 5.17. The summed E-state index contributed by atoms with van der Waals surface area (Å²) in [4.78, 5) is 11.0. The van der Waals surface area contributed by atoms with E-state index in [0.29, 0.717) is 13.0 Å². The molecular weight excluding hydrogens is 194 g/mol. The first kappa shape index (κ1) is 11.7. The van der Waals surface area contributed by atoms with Crippen LogP contribution in [0.3, 0.4) is 0 Å². The zero-order chi connectivity index (χ0) is 10.9. The number of esters is 1. The first-order valence-corrected chi connectivity index (χ1v) is 5.17. The Balaban J connectivity index is 1.95. The minimum absolute atomic E-state index is 0.124. The summed E-state index contributed by atoms with van der Waals surface area (Å²) in [5.74, 6) is -0.124. The average Bonchev–Trinajstić information content (AvgIpc) is 2.70. The van der Waals surface area contributed by atoms with Gasteiger partial charge in [0.2, 0.25) is 0 Å². The summed E-state index contributed by atoms with van der Waals surface area (Å²) in [5, 5.41) is 9.89. The van der Waals surface area contributed by atoms with Gasteiger partial charge >= 0.3 is 5.97 Å². The zero-order valence-electron chi connectivity index (χ0n) is 8.95. The van der Waals surface area contributed by atoms with Crippen molar-refractivity contribution in [2.45, 2.75) is 26.3 Å². The second kappa shape index (κ2) is 7.00. The van der Waals surface area contributed by atoms with Gasteiger partial charge in [-0.3, -0.25) is 9.89 Å². The Kier molecular flexibility index (Phi) is 5.47. The molecule has 1 heterocycles. The van der Waals surface area contributed by atoms with E-state index in [1.165, 1.54) is 0 Å². The largest absolute Gasteiger partial charge is 0.466 e. The minimum atomic E-state index is -0.124. The van der Waals surface area contributed by atoms with E-state index in [1.807, 2.05) is 13.0 Å². The quantitative estimate of drug-likeness (QED) is 0.518. The fourth-order valence-corrected chi connectivity index (χ4v) is 1.20. The lowest BCUT2D eigenvalue weighted by Gasteiger charge is -2.03. The predicted octanol–water partition coefficient (Wildman–Crippen LogP) is 0.843. The van der Waals surface area contributed by atoms with Gasteiger partial charge in [-0.15, -0.1) is 0 Å². The number of aromatic amines is 1. The van der Waals surface area contributed by atoms with Crippen LogP contribution in [-0.2, 0) is 16.1 Å². The van der Waals surface area contributed by atoms with Crippen molar-refractivity contribution in [3.8, 4) is 0 Å². The Labute approximate surface area is 89.2 Å². The third-order valence-corrected chi connectivity index (χ3v) is 1.91. The SMILES string of the molecule is CCOC(=O)CCCNCc1ccn[nH]1. The molecule has 1 aromatic heterocycles. The number of ether oxygens (including phenoxy) is 1. The third-order valence-electron chi connectivity index (χ3n) is 1.91. The van der Waals surface area contributed by atoms with E-state index in [1.54, 1.807) is 6.20 Å². The van der Waals surface area contributed by atoms with Crippen LogP contribution >= 0.6 is 0 Å². The highest BCUT2D eigenvalue weighted by molar-refractivity contribution is 5.69. The number of H-pyrrole nitrogens is 1. The molecule has 84 valence electrons. The van der Waals surface area contributed by atoms with Crippen molar-refractivity contribution in [1.29, 1.82) is 0 Å². The summed E-state index contributed by atoms with van der Waals surface area (Å²) >= 11 is 0. The summed E-state index contributed by atoms with van der Waals surface area (Å²) in [5.41, 5.74) is 1.05. The zero-order valence-corrected chi connectivity index (χ0v) is 8.95. The average molecular weight is 211 g/mol. The maximum atomic E-state index is 11.0. The summed E-state index contributed by atoms with van der Waals surface area (Å²) in [6, 6.07) is 1.92. The number of carbonyl (C=O) groups excluding carboxylic acids is 1. The molecule has 0 atom stereocenters. The van der Waals surface area contributed by atoms with Crippen LogP contribution in [0.25, 0.3) is 0 Å². The minimum Gasteiger partial charge on any atom is -0.466 e. The molecule has 0 aliphatic heterocycles. The standard InChI is InChI=1S/C10H17N3O2/c1-2-15-10(14)4-3-6-11-8-9-5-7-12-13-9/h5,7,11H,2-4,6,8H2,1H3,(H,12,13). The number of hydrogen-bond acceptors (Lipinski definition) is 4. The Hall–Kier alpha value is -1.36. The predicted molar refractivity (Wildman–Crippen MR) is 56.2 cm³/mol. The molecule has 0 unspecified atom stereocenters. The summed E-state index contributed by atoms with van der Waals surface area (Å²) < 4.78 is 4.81. The second-order valence-electron chi connectivity index (χ2n) is 3.17. The van der Waals surface area contributed by atoms with E-state index in [-0.39, 0.29) is 5.97 Å². The number of nitrogens with one attached hydrogen (secondary N) is 2. The van der Waals surface area contributed by atoms with Crippen molar-refractivity contribution in [1.82, 2.24) is 15.5 Å². The highest BCUT2D eigenvalue weighted by Crippen LogP contribution is 1.93. The van der Waals surface area contributed by atoms with E-state index in [0.717, 1.165) is 25.2 Å². The van der Waals surface area contributed by atoms with Crippen LogP contribution in [0.5, 0.6) is 0 Å². The van der Waals surface area contributed by atoms with Gasteiger partial charge in [-0.05, 0) is 26.0 Å². The summed E-state index contributed by atoms with van der Waals surface area (Å²) in [6.07, 6.45) is 2.99. The molecule has 0 radical (unpaired) electrons. The molecule has 0 aliphatic rings. The molecule has 0 bridgehead atoms. The molecule has 0 spiro atoms. The first-order valence-electron chi connectivity index (χ1n) is 5.17. The molecule has 0 saturated heterocycles. The number of rotatable bonds is 7. The molecule has 0 aliphatic carbocycles. The van der Waals surface area contributed by atoms with Crippen molar-refractivity contribution in [3.63, 3.8) is 0 Å². The van der Waals surface area contributed by atoms with Crippen molar-refractivity contribution in [2.75, 3.05) is 13.2 Å². The smallest absolute Gasteiger partial charge is 0.305 e. The molecule has 5 heteroatoms. The molecule has 0 saturated carbocycles. The lowest BCUT2D eigenvalue weighted by Crippen LogP contribution is -2.16. The molecule has 0 amide bonds. The number of nitrogens with zero attached hydrogens (tertiary/aromatic N) is 1. The highest BCUT2D eigenvalue weighted by Gasteiger charge is 2.00. The summed E-state index contributed by atoms with van der Waals surface area (Å²) in [6.45, 7) is 3.83.